The topological polar surface area (TPSA) is 70.7 Å². The summed E-state index contributed by atoms with van der Waals surface area (Å²) in [5.41, 5.74) is 2.26. The molecule has 6 heteroatoms. The van der Waals surface area contributed by atoms with E-state index < -0.39 is 0 Å². The van der Waals surface area contributed by atoms with Crippen LogP contribution in [0.15, 0.2) is 54.6 Å². The van der Waals surface area contributed by atoms with Crippen molar-refractivity contribution in [3.05, 3.63) is 60.2 Å². The average Bonchev–Trinajstić information content (AvgIpc) is 2.61. The molecular weight excluding hydrogens is 318 g/mol. The molecule has 25 heavy (non-hydrogen) atoms. The first-order chi connectivity index (χ1) is 12.0. The van der Waals surface area contributed by atoms with Crippen LogP contribution in [0.2, 0.25) is 0 Å². The number of hydrogen-bond acceptors (Lipinski definition) is 3. The Kier molecular flexibility index (Phi) is 6.54. The number of rotatable bonds is 6. The number of anilines is 2. The Morgan fingerprint density at radius 1 is 1.04 bits per heavy atom. The summed E-state index contributed by atoms with van der Waals surface area (Å²) in [4.78, 5) is 25.7. The van der Waals surface area contributed by atoms with Crippen LogP contribution >= 0.6 is 0 Å². The molecule has 0 radical (unpaired) electrons. The van der Waals surface area contributed by atoms with Gasteiger partial charge in [0, 0.05) is 25.5 Å². The monoisotopic (exact) mass is 341 g/mol. The summed E-state index contributed by atoms with van der Waals surface area (Å²) in [6.07, 6.45) is 0. The quantitative estimate of drug-likeness (QED) is 0.845. The van der Waals surface area contributed by atoms with Gasteiger partial charge in [-0.3, -0.25) is 4.79 Å². The first-order valence-electron chi connectivity index (χ1n) is 7.99. The number of nitrogens with one attached hydrogen (secondary N) is 2. The molecule has 0 aliphatic heterocycles. The summed E-state index contributed by atoms with van der Waals surface area (Å²) in [5, 5.41) is 5.55. The van der Waals surface area contributed by atoms with Crippen molar-refractivity contribution in [2.24, 2.45) is 0 Å². The zero-order valence-electron chi connectivity index (χ0n) is 14.7. The summed E-state index contributed by atoms with van der Waals surface area (Å²) in [5.74, 6) is -0.249. The highest BCUT2D eigenvalue weighted by molar-refractivity contribution is 5.94. The molecule has 2 aromatic carbocycles. The van der Waals surface area contributed by atoms with Gasteiger partial charge >= 0.3 is 6.03 Å². The third-order valence-electron chi connectivity index (χ3n) is 3.86. The molecular formula is C19H23N3O3. The van der Waals surface area contributed by atoms with Gasteiger partial charge in [0.25, 0.3) is 0 Å². The van der Waals surface area contributed by atoms with Gasteiger partial charge in [-0.25, -0.2) is 4.79 Å². The van der Waals surface area contributed by atoms with E-state index in [0.717, 1.165) is 5.56 Å². The Balaban J connectivity index is 2.01. The van der Waals surface area contributed by atoms with Crippen molar-refractivity contribution >= 4 is 23.3 Å². The number of nitrogens with zero attached hydrogens (tertiary/aromatic N) is 1. The van der Waals surface area contributed by atoms with Crippen LogP contribution in [0.3, 0.4) is 0 Å². The fourth-order valence-electron chi connectivity index (χ4n) is 2.35. The smallest absolute Gasteiger partial charge is 0.322 e. The minimum absolute atomic E-state index is 0.0199. The van der Waals surface area contributed by atoms with Crippen LogP contribution in [0, 0.1) is 0 Å². The lowest BCUT2D eigenvalue weighted by Gasteiger charge is -2.25. The van der Waals surface area contributed by atoms with Crippen LogP contribution in [0.1, 0.15) is 18.5 Å². The van der Waals surface area contributed by atoms with Gasteiger partial charge in [-0.2, -0.15) is 0 Å². The first-order valence-corrected chi connectivity index (χ1v) is 7.99. The molecule has 0 heterocycles. The normalized spacial score (nSPS) is 11.5. The molecule has 1 atom stereocenters. The third kappa shape index (κ3) is 5.32. The number of benzene rings is 2. The first kappa shape index (κ1) is 18.5. The van der Waals surface area contributed by atoms with Crippen LogP contribution in [0.25, 0.3) is 0 Å². The maximum Gasteiger partial charge on any atom is 0.322 e. The molecule has 0 fully saturated rings. The molecule has 0 saturated heterocycles. The number of carbonyl (C=O) groups is 2. The van der Waals surface area contributed by atoms with Gasteiger partial charge in [-0.15, -0.1) is 0 Å². The molecule has 6 nitrogen and oxygen atoms in total. The van der Waals surface area contributed by atoms with Crippen molar-refractivity contribution in [3.63, 3.8) is 0 Å². The van der Waals surface area contributed by atoms with Crippen molar-refractivity contribution in [1.29, 1.82) is 0 Å². The van der Waals surface area contributed by atoms with Crippen molar-refractivity contribution in [1.82, 2.24) is 4.90 Å². The van der Waals surface area contributed by atoms with Crippen LogP contribution in [0.4, 0.5) is 16.2 Å². The van der Waals surface area contributed by atoms with Gasteiger partial charge in [0.2, 0.25) is 5.91 Å². The van der Waals surface area contributed by atoms with Crippen LogP contribution < -0.4 is 10.6 Å². The van der Waals surface area contributed by atoms with Gasteiger partial charge in [-0.05, 0) is 30.7 Å². The largest absolute Gasteiger partial charge is 0.375 e. The highest BCUT2D eigenvalue weighted by Crippen LogP contribution is 2.20. The zero-order valence-corrected chi connectivity index (χ0v) is 14.7. The molecule has 0 bridgehead atoms. The molecule has 0 aromatic heterocycles. The molecule has 3 amide bonds. The fourth-order valence-corrected chi connectivity index (χ4v) is 2.35. The van der Waals surface area contributed by atoms with Crippen molar-refractivity contribution in [2.45, 2.75) is 13.0 Å². The highest BCUT2D eigenvalue weighted by atomic mass is 16.5. The third-order valence-corrected chi connectivity index (χ3v) is 3.86. The maximum absolute atomic E-state index is 12.5. The van der Waals surface area contributed by atoms with Crippen LogP contribution in [0.5, 0.6) is 0 Å². The van der Waals surface area contributed by atoms with Crippen molar-refractivity contribution in [3.8, 4) is 0 Å². The molecule has 0 spiro atoms. The minimum atomic E-state index is -0.249. The van der Waals surface area contributed by atoms with E-state index in [-0.39, 0.29) is 24.6 Å². The minimum Gasteiger partial charge on any atom is -0.375 e. The Morgan fingerprint density at radius 3 is 2.32 bits per heavy atom. The van der Waals surface area contributed by atoms with E-state index in [0.29, 0.717) is 11.4 Å². The summed E-state index contributed by atoms with van der Waals surface area (Å²) < 4.78 is 4.78. The molecule has 0 saturated carbocycles. The van der Waals surface area contributed by atoms with E-state index in [4.69, 9.17) is 4.74 Å². The van der Waals surface area contributed by atoms with E-state index in [2.05, 4.69) is 10.6 Å². The standard InChI is InChI=1S/C19H23N3O3/c1-14(15-8-5-4-6-9-15)22(2)19(24)21-17-11-7-10-16(12-17)20-18(23)13-25-3/h4-12,14H,13H2,1-3H3,(H,20,23)(H,21,24)/t14-/m1/s1. The van der Waals surface area contributed by atoms with E-state index in [1.807, 2.05) is 37.3 Å². The molecule has 2 rings (SSSR count). The lowest BCUT2D eigenvalue weighted by molar-refractivity contribution is -0.119. The summed E-state index contributed by atoms with van der Waals surface area (Å²) in [6, 6.07) is 16.5. The van der Waals surface area contributed by atoms with Gasteiger partial charge < -0.3 is 20.3 Å². The number of urea groups is 1. The van der Waals surface area contributed by atoms with E-state index in [1.165, 1.54) is 7.11 Å². The number of hydrogen-bond donors (Lipinski definition) is 2. The number of carbonyl (C=O) groups excluding carboxylic acids is 2. The maximum atomic E-state index is 12.5. The van der Waals surface area contributed by atoms with E-state index >= 15 is 0 Å². The van der Waals surface area contributed by atoms with Gasteiger partial charge in [0.1, 0.15) is 6.61 Å². The zero-order chi connectivity index (χ0) is 18.2. The number of amides is 3. The second-order valence-corrected chi connectivity index (χ2v) is 5.69. The Bertz CT molecular complexity index is 719. The van der Waals surface area contributed by atoms with Crippen LogP contribution in [-0.4, -0.2) is 37.6 Å². The number of methoxy groups -OCH3 is 1. The predicted molar refractivity (Wildman–Crippen MR) is 98.6 cm³/mol. The SMILES string of the molecule is COCC(=O)Nc1cccc(NC(=O)N(C)[C@H](C)c2ccccc2)c1. The van der Waals surface area contributed by atoms with Crippen LogP contribution in [-0.2, 0) is 9.53 Å². The van der Waals surface area contributed by atoms with E-state index in [1.54, 1.807) is 36.2 Å². The second kappa shape index (κ2) is 8.84. The fraction of sp³-hybridized carbons (Fsp3) is 0.263. The van der Waals surface area contributed by atoms with Crippen molar-refractivity contribution in [2.75, 3.05) is 31.4 Å². The van der Waals surface area contributed by atoms with Gasteiger partial charge in [0.15, 0.2) is 0 Å². The Labute approximate surface area is 147 Å². The molecule has 0 unspecified atom stereocenters. The molecule has 2 N–H and O–H groups in total. The summed E-state index contributed by atoms with van der Waals surface area (Å²) in [6.45, 7) is 1.95. The van der Waals surface area contributed by atoms with E-state index in [9.17, 15) is 9.59 Å². The molecule has 2 aromatic rings. The lowest BCUT2D eigenvalue weighted by atomic mass is 10.1. The Morgan fingerprint density at radius 2 is 1.68 bits per heavy atom. The van der Waals surface area contributed by atoms with Crippen molar-refractivity contribution < 1.29 is 14.3 Å². The average molecular weight is 341 g/mol. The highest BCUT2D eigenvalue weighted by Gasteiger charge is 2.17. The molecule has 0 aliphatic rings. The lowest BCUT2D eigenvalue weighted by Crippen LogP contribution is -2.33. The molecule has 0 aliphatic carbocycles. The second-order valence-electron chi connectivity index (χ2n) is 5.69. The van der Waals surface area contributed by atoms with Gasteiger partial charge in [0.05, 0.1) is 6.04 Å². The molecule has 132 valence electrons. The number of ether oxygens (including phenoxy) is 1. The summed E-state index contributed by atoms with van der Waals surface area (Å²) in [7, 11) is 3.21. The predicted octanol–water partition coefficient (Wildman–Crippen LogP) is 3.50. The van der Waals surface area contributed by atoms with Gasteiger partial charge in [-0.1, -0.05) is 36.4 Å². The Hall–Kier alpha value is -2.86. The summed E-state index contributed by atoms with van der Waals surface area (Å²) >= 11 is 0.